The third-order valence-corrected chi connectivity index (χ3v) is 2.95. The highest BCUT2D eigenvalue weighted by molar-refractivity contribution is 8.13. The summed E-state index contributed by atoms with van der Waals surface area (Å²) >= 11 is 0. The van der Waals surface area contributed by atoms with Gasteiger partial charge >= 0.3 is 0 Å². The minimum absolute atomic E-state index is 0.180. The molecule has 0 bridgehead atoms. The molecule has 74 valence electrons. The highest BCUT2D eigenvalue weighted by Crippen LogP contribution is 2.15. The van der Waals surface area contributed by atoms with Gasteiger partial charge in [-0.25, -0.2) is 17.9 Å². The van der Waals surface area contributed by atoms with Gasteiger partial charge in [-0.3, -0.25) is 0 Å². The zero-order chi connectivity index (χ0) is 10.3. The van der Waals surface area contributed by atoms with Gasteiger partial charge in [0.1, 0.15) is 0 Å². The number of fused-ring (bicyclic) bond motifs is 1. The zero-order valence-corrected chi connectivity index (χ0v) is 8.75. The Labute approximate surface area is 84.8 Å². The van der Waals surface area contributed by atoms with E-state index < -0.39 is 9.05 Å². The fourth-order valence-electron chi connectivity index (χ4n) is 1.11. The summed E-state index contributed by atoms with van der Waals surface area (Å²) in [7, 11) is 1.37. The van der Waals surface area contributed by atoms with Crippen LogP contribution in [0.1, 0.15) is 5.69 Å². The Kier molecular flexibility index (Phi) is 1.97. The van der Waals surface area contributed by atoms with Gasteiger partial charge in [0.05, 0.1) is 0 Å². The van der Waals surface area contributed by atoms with E-state index in [9.17, 15) is 8.42 Å². The van der Waals surface area contributed by atoms with Crippen molar-refractivity contribution in [3.8, 4) is 0 Å². The Morgan fingerprint density at radius 1 is 1.50 bits per heavy atom. The first-order chi connectivity index (χ1) is 6.48. The van der Waals surface area contributed by atoms with Crippen molar-refractivity contribution in [2.75, 3.05) is 0 Å². The standard InChI is InChI=1S/C7H6ClN3O2S/c1-5-2-3-9-6-4-7(10-11(5)6)14(8,12)13/h2-4H,1H3. The second kappa shape index (κ2) is 2.93. The average Bonchev–Trinajstić information content (AvgIpc) is 2.48. The molecule has 0 amide bonds. The van der Waals surface area contributed by atoms with Crippen molar-refractivity contribution in [2.45, 2.75) is 11.9 Å². The van der Waals surface area contributed by atoms with Crippen LogP contribution in [0.5, 0.6) is 0 Å². The van der Waals surface area contributed by atoms with Crippen molar-refractivity contribution in [1.29, 1.82) is 0 Å². The predicted molar refractivity (Wildman–Crippen MR) is 50.8 cm³/mol. The largest absolute Gasteiger partial charge is 0.280 e. The first-order valence-electron chi connectivity index (χ1n) is 3.74. The summed E-state index contributed by atoms with van der Waals surface area (Å²) in [6.45, 7) is 1.80. The molecular weight excluding hydrogens is 226 g/mol. The van der Waals surface area contributed by atoms with Crippen LogP contribution in [0.25, 0.3) is 5.65 Å². The van der Waals surface area contributed by atoms with Gasteiger partial charge in [-0.15, -0.1) is 0 Å². The minimum atomic E-state index is -3.78. The van der Waals surface area contributed by atoms with E-state index in [-0.39, 0.29) is 5.03 Å². The number of halogens is 1. The van der Waals surface area contributed by atoms with E-state index in [0.717, 1.165) is 5.69 Å². The zero-order valence-electron chi connectivity index (χ0n) is 7.18. The summed E-state index contributed by atoms with van der Waals surface area (Å²) in [6, 6.07) is 3.06. The van der Waals surface area contributed by atoms with Crippen molar-refractivity contribution in [2.24, 2.45) is 0 Å². The summed E-state index contributed by atoms with van der Waals surface area (Å²) in [4.78, 5) is 3.95. The quantitative estimate of drug-likeness (QED) is 0.686. The lowest BCUT2D eigenvalue weighted by atomic mass is 10.4. The van der Waals surface area contributed by atoms with Crippen LogP contribution in [0.2, 0.25) is 0 Å². The lowest BCUT2D eigenvalue weighted by Crippen LogP contribution is -1.96. The molecule has 0 unspecified atom stereocenters. The van der Waals surface area contributed by atoms with Gasteiger partial charge < -0.3 is 0 Å². The van der Waals surface area contributed by atoms with Gasteiger partial charge in [0.15, 0.2) is 10.7 Å². The SMILES string of the molecule is Cc1ccnc2cc(S(=O)(=O)Cl)nn12. The van der Waals surface area contributed by atoms with Crippen LogP contribution in [0.3, 0.4) is 0 Å². The maximum absolute atomic E-state index is 11.0. The first kappa shape index (κ1) is 9.42. The van der Waals surface area contributed by atoms with E-state index in [2.05, 4.69) is 10.1 Å². The molecule has 0 aliphatic heterocycles. The molecule has 14 heavy (non-hydrogen) atoms. The maximum Gasteiger partial charge on any atom is 0.280 e. The molecule has 0 aliphatic carbocycles. The lowest BCUT2D eigenvalue weighted by molar-refractivity contribution is 0.604. The molecule has 2 rings (SSSR count). The smallest absolute Gasteiger partial charge is 0.237 e. The van der Waals surface area contributed by atoms with E-state index in [4.69, 9.17) is 10.7 Å². The van der Waals surface area contributed by atoms with Crippen LogP contribution < -0.4 is 0 Å². The van der Waals surface area contributed by atoms with Gasteiger partial charge in [0.25, 0.3) is 9.05 Å². The Morgan fingerprint density at radius 3 is 2.79 bits per heavy atom. The van der Waals surface area contributed by atoms with E-state index in [0.29, 0.717) is 5.65 Å². The third-order valence-electron chi connectivity index (χ3n) is 1.77. The summed E-state index contributed by atoms with van der Waals surface area (Å²) in [5.41, 5.74) is 1.26. The molecule has 0 saturated heterocycles. The van der Waals surface area contributed by atoms with Crippen molar-refractivity contribution in [3.05, 3.63) is 24.0 Å². The molecule has 2 aromatic rings. The summed E-state index contributed by atoms with van der Waals surface area (Å²) < 4.78 is 23.4. The third kappa shape index (κ3) is 1.46. The molecule has 2 heterocycles. The molecule has 7 heteroatoms. The highest BCUT2D eigenvalue weighted by Gasteiger charge is 2.15. The number of nitrogens with zero attached hydrogens (tertiary/aromatic N) is 3. The maximum atomic E-state index is 11.0. The van der Waals surface area contributed by atoms with E-state index in [1.165, 1.54) is 10.6 Å². The van der Waals surface area contributed by atoms with Crippen molar-refractivity contribution in [3.63, 3.8) is 0 Å². The van der Waals surface area contributed by atoms with E-state index in [1.807, 2.05) is 0 Å². The second-order valence-electron chi connectivity index (χ2n) is 2.78. The van der Waals surface area contributed by atoms with E-state index >= 15 is 0 Å². The molecule has 2 aromatic heterocycles. The van der Waals surface area contributed by atoms with Crippen LogP contribution in [0.15, 0.2) is 23.4 Å². The topological polar surface area (TPSA) is 64.3 Å². The van der Waals surface area contributed by atoms with Gasteiger partial charge in [0, 0.05) is 28.6 Å². The number of aryl methyl sites for hydroxylation is 1. The van der Waals surface area contributed by atoms with Crippen molar-refractivity contribution >= 4 is 25.4 Å². The monoisotopic (exact) mass is 231 g/mol. The van der Waals surface area contributed by atoms with Crippen LogP contribution in [-0.2, 0) is 9.05 Å². The lowest BCUT2D eigenvalue weighted by Gasteiger charge is -1.94. The molecule has 0 N–H and O–H groups in total. The van der Waals surface area contributed by atoms with Gasteiger partial charge in [-0.2, -0.15) is 5.10 Å². The molecule has 0 atom stereocenters. The van der Waals surface area contributed by atoms with Gasteiger partial charge in [-0.1, -0.05) is 0 Å². The fourth-order valence-corrected chi connectivity index (χ4v) is 1.76. The predicted octanol–water partition coefficient (Wildman–Crippen LogP) is 0.965. The van der Waals surface area contributed by atoms with E-state index in [1.54, 1.807) is 19.2 Å². The average molecular weight is 232 g/mol. The molecular formula is C7H6ClN3O2S. The van der Waals surface area contributed by atoms with Crippen LogP contribution in [0, 0.1) is 6.92 Å². The second-order valence-corrected chi connectivity index (χ2v) is 5.29. The number of rotatable bonds is 1. The number of hydrogen-bond donors (Lipinski definition) is 0. The fraction of sp³-hybridized carbons (Fsp3) is 0.143. The Hall–Kier alpha value is -1.14. The molecule has 0 spiro atoms. The van der Waals surface area contributed by atoms with Crippen LogP contribution >= 0.6 is 10.7 Å². The van der Waals surface area contributed by atoms with Crippen LogP contribution in [0.4, 0.5) is 0 Å². The van der Waals surface area contributed by atoms with Crippen LogP contribution in [-0.4, -0.2) is 23.0 Å². The Bertz CT molecular complexity index is 590. The summed E-state index contributed by atoms with van der Waals surface area (Å²) in [5.74, 6) is 0. The Morgan fingerprint density at radius 2 is 2.21 bits per heavy atom. The van der Waals surface area contributed by atoms with Crippen molar-refractivity contribution < 1.29 is 8.42 Å². The molecule has 0 fully saturated rings. The Balaban J connectivity index is 2.81. The summed E-state index contributed by atoms with van der Waals surface area (Å²) in [5, 5.41) is 3.64. The molecule has 5 nitrogen and oxygen atoms in total. The minimum Gasteiger partial charge on any atom is -0.237 e. The number of hydrogen-bond acceptors (Lipinski definition) is 4. The number of aromatic nitrogens is 3. The van der Waals surface area contributed by atoms with Gasteiger partial charge in [0.2, 0.25) is 0 Å². The molecule has 0 radical (unpaired) electrons. The molecule has 0 aromatic carbocycles. The summed E-state index contributed by atoms with van der Waals surface area (Å²) in [6.07, 6.45) is 1.58. The first-order valence-corrected chi connectivity index (χ1v) is 6.05. The molecule has 0 saturated carbocycles. The normalized spacial score (nSPS) is 12.1. The highest BCUT2D eigenvalue weighted by atomic mass is 35.7. The molecule has 0 aliphatic rings. The van der Waals surface area contributed by atoms with Crippen molar-refractivity contribution in [1.82, 2.24) is 14.6 Å². The van der Waals surface area contributed by atoms with Gasteiger partial charge in [-0.05, 0) is 13.0 Å².